The number of likely N-dealkylation sites (tertiary alicyclic amines) is 1. The lowest BCUT2D eigenvalue weighted by molar-refractivity contribution is -0.140. The van der Waals surface area contributed by atoms with Crippen LogP contribution in [0.1, 0.15) is 58.9 Å². The fourth-order valence-electron chi connectivity index (χ4n) is 5.39. The standard InChI is InChI=1S/C31H31F4N5O4/c1-16-5-6-21(22(32)15-16)25(39-43-4)18-11-13-40(14-12-18)30(41)27-28(17(2)36)44-29(38-27)20-7-9-23(42-3)26-19(20)8-10-24(37-26)31(33,34)35/h5-10,15,17-18H,11-14,36H2,1-4H3/b39-25-/t17-/m1/s1. The van der Waals surface area contributed by atoms with Crippen LogP contribution in [-0.2, 0) is 11.0 Å². The average molecular weight is 614 g/mol. The summed E-state index contributed by atoms with van der Waals surface area (Å²) in [7, 11) is 2.73. The van der Waals surface area contributed by atoms with E-state index >= 15 is 0 Å². The molecule has 1 saturated heterocycles. The first kappa shape index (κ1) is 30.9. The second-order valence-electron chi connectivity index (χ2n) is 10.6. The predicted molar refractivity (Wildman–Crippen MR) is 155 cm³/mol. The van der Waals surface area contributed by atoms with Crippen LogP contribution in [0.5, 0.6) is 5.75 Å². The van der Waals surface area contributed by atoms with Crippen molar-refractivity contribution < 1.29 is 36.3 Å². The van der Waals surface area contributed by atoms with Crippen LogP contribution in [0, 0.1) is 18.7 Å². The molecule has 2 N–H and O–H groups in total. The van der Waals surface area contributed by atoms with Crippen LogP contribution in [0.15, 0.2) is 52.0 Å². The Hall–Kier alpha value is -4.52. The Morgan fingerprint density at radius 2 is 1.84 bits per heavy atom. The Kier molecular flexibility index (Phi) is 8.60. The molecule has 1 aliphatic rings. The molecular weight excluding hydrogens is 582 g/mol. The number of piperidine rings is 1. The number of halogens is 4. The number of hydrogen-bond donors (Lipinski definition) is 1. The molecule has 13 heteroatoms. The minimum absolute atomic E-state index is 0.00708. The van der Waals surface area contributed by atoms with Crippen molar-refractivity contribution in [3.63, 3.8) is 0 Å². The molecule has 9 nitrogen and oxygen atoms in total. The summed E-state index contributed by atoms with van der Waals surface area (Å²) >= 11 is 0. The summed E-state index contributed by atoms with van der Waals surface area (Å²) in [5.74, 6) is -0.681. The van der Waals surface area contributed by atoms with Gasteiger partial charge in [0.15, 0.2) is 11.5 Å². The summed E-state index contributed by atoms with van der Waals surface area (Å²) in [5, 5.41) is 4.41. The lowest BCUT2D eigenvalue weighted by Gasteiger charge is -2.32. The van der Waals surface area contributed by atoms with Gasteiger partial charge < -0.3 is 24.6 Å². The zero-order valence-electron chi connectivity index (χ0n) is 24.5. The molecule has 0 radical (unpaired) electrons. The van der Waals surface area contributed by atoms with Crippen molar-refractivity contribution in [2.45, 2.75) is 38.9 Å². The number of fused-ring (bicyclic) bond motifs is 1. The molecule has 0 saturated carbocycles. The molecule has 1 amide bonds. The number of pyridine rings is 1. The lowest BCUT2D eigenvalue weighted by atomic mass is 9.87. The molecular formula is C31H31F4N5O4. The van der Waals surface area contributed by atoms with Gasteiger partial charge in [-0.05, 0) is 68.7 Å². The topological polar surface area (TPSA) is 116 Å². The number of carbonyl (C=O) groups excluding carboxylic acids is 1. The monoisotopic (exact) mass is 613 g/mol. The summed E-state index contributed by atoms with van der Waals surface area (Å²) in [6, 6.07) is 9.37. The van der Waals surface area contributed by atoms with Crippen molar-refractivity contribution in [3.05, 3.63) is 76.6 Å². The molecule has 232 valence electrons. The molecule has 44 heavy (non-hydrogen) atoms. The number of aromatic nitrogens is 2. The molecule has 5 rings (SSSR count). The zero-order valence-corrected chi connectivity index (χ0v) is 24.5. The molecule has 0 spiro atoms. The first-order valence-corrected chi connectivity index (χ1v) is 13.9. The molecule has 2 aromatic carbocycles. The van der Waals surface area contributed by atoms with Crippen molar-refractivity contribution in [2.24, 2.45) is 16.8 Å². The summed E-state index contributed by atoms with van der Waals surface area (Å²) in [5.41, 5.74) is 6.99. The van der Waals surface area contributed by atoms with Crippen LogP contribution in [0.3, 0.4) is 0 Å². The number of hydrogen-bond acceptors (Lipinski definition) is 8. The molecule has 0 aliphatic carbocycles. The average Bonchev–Trinajstić information content (AvgIpc) is 3.44. The minimum atomic E-state index is -4.65. The van der Waals surface area contributed by atoms with Gasteiger partial charge in [-0.15, -0.1) is 0 Å². The Morgan fingerprint density at radius 3 is 2.45 bits per heavy atom. The number of oxazole rings is 1. The Balaban J connectivity index is 1.43. The molecule has 1 aliphatic heterocycles. The van der Waals surface area contributed by atoms with Crippen molar-refractivity contribution in [1.29, 1.82) is 0 Å². The lowest BCUT2D eigenvalue weighted by Crippen LogP contribution is -2.41. The van der Waals surface area contributed by atoms with E-state index in [1.807, 2.05) is 0 Å². The van der Waals surface area contributed by atoms with Gasteiger partial charge in [-0.25, -0.2) is 14.4 Å². The minimum Gasteiger partial charge on any atom is -0.494 e. The first-order valence-electron chi connectivity index (χ1n) is 13.9. The highest BCUT2D eigenvalue weighted by molar-refractivity contribution is 6.02. The molecule has 2 aromatic heterocycles. The Morgan fingerprint density at radius 1 is 1.11 bits per heavy atom. The van der Waals surface area contributed by atoms with Crippen LogP contribution in [0.2, 0.25) is 0 Å². The number of oxime groups is 1. The van der Waals surface area contributed by atoms with Crippen LogP contribution in [-0.4, -0.2) is 53.8 Å². The van der Waals surface area contributed by atoms with Gasteiger partial charge in [0.2, 0.25) is 5.89 Å². The normalized spacial score (nSPS) is 15.5. The van der Waals surface area contributed by atoms with Crippen LogP contribution >= 0.6 is 0 Å². The number of nitrogens with zero attached hydrogens (tertiary/aromatic N) is 4. The van der Waals surface area contributed by atoms with Crippen LogP contribution in [0.25, 0.3) is 22.4 Å². The third kappa shape index (κ3) is 5.96. The largest absolute Gasteiger partial charge is 0.494 e. The van der Waals surface area contributed by atoms with Gasteiger partial charge in [0.1, 0.15) is 29.9 Å². The fraction of sp³-hybridized carbons (Fsp3) is 0.355. The number of carbonyl (C=O) groups is 1. The second kappa shape index (κ2) is 12.2. The van der Waals surface area contributed by atoms with Crippen molar-refractivity contribution in [1.82, 2.24) is 14.9 Å². The highest BCUT2D eigenvalue weighted by Crippen LogP contribution is 2.38. The van der Waals surface area contributed by atoms with Crippen molar-refractivity contribution >= 4 is 22.5 Å². The number of methoxy groups -OCH3 is 1. The van der Waals surface area contributed by atoms with E-state index in [2.05, 4.69) is 15.1 Å². The second-order valence-corrected chi connectivity index (χ2v) is 10.6. The third-order valence-corrected chi connectivity index (χ3v) is 7.59. The van der Waals surface area contributed by atoms with Gasteiger partial charge in [0, 0.05) is 35.5 Å². The van der Waals surface area contributed by atoms with E-state index in [1.54, 1.807) is 36.9 Å². The smallest absolute Gasteiger partial charge is 0.433 e. The summed E-state index contributed by atoms with van der Waals surface area (Å²) in [6.45, 7) is 4.10. The first-order chi connectivity index (χ1) is 20.9. The van der Waals surface area contributed by atoms with Gasteiger partial charge in [-0.1, -0.05) is 11.2 Å². The van der Waals surface area contributed by atoms with Gasteiger partial charge in [-0.2, -0.15) is 13.2 Å². The number of nitrogens with two attached hydrogens (primary N) is 1. The highest BCUT2D eigenvalue weighted by Gasteiger charge is 2.35. The van der Waals surface area contributed by atoms with Gasteiger partial charge in [0.25, 0.3) is 5.91 Å². The maximum atomic E-state index is 14.8. The number of amides is 1. The molecule has 0 bridgehead atoms. The molecule has 3 heterocycles. The number of ether oxygens (including phenoxy) is 1. The van der Waals surface area contributed by atoms with E-state index in [1.165, 1.54) is 32.4 Å². The van der Waals surface area contributed by atoms with Gasteiger partial charge in [0.05, 0.1) is 18.9 Å². The fourth-order valence-corrected chi connectivity index (χ4v) is 5.39. The van der Waals surface area contributed by atoms with E-state index in [4.69, 9.17) is 19.7 Å². The molecule has 4 aromatic rings. The quantitative estimate of drug-likeness (QED) is 0.148. The van der Waals surface area contributed by atoms with E-state index in [0.717, 1.165) is 11.6 Å². The van der Waals surface area contributed by atoms with Crippen molar-refractivity contribution in [2.75, 3.05) is 27.3 Å². The SMILES string of the molecule is CO/N=C(\c1ccc(C)cc1F)C1CCN(C(=O)c2nc(-c3ccc(OC)c4nc(C(F)(F)F)ccc34)oc2[C@@H](C)N)CC1. The predicted octanol–water partition coefficient (Wildman–Crippen LogP) is 6.29. The maximum absolute atomic E-state index is 14.8. The Bertz CT molecular complexity index is 1730. The molecule has 1 atom stereocenters. The molecule has 0 unspecified atom stereocenters. The maximum Gasteiger partial charge on any atom is 0.433 e. The third-order valence-electron chi connectivity index (χ3n) is 7.59. The van der Waals surface area contributed by atoms with Gasteiger partial charge >= 0.3 is 6.18 Å². The highest BCUT2D eigenvalue weighted by atomic mass is 19.4. The van der Waals surface area contributed by atoms with E-state index in [9.17, 15) is 22.4 Å². The van der Waals surface area contributed by atoms with Crippen molar-refractivity contribution in [3.8, 4) is 17.2 Å². The number of aryl methyl sites for hydroxylation is 1. The van der Waals surface area contributed by atoms with E-state index < -0.39 is 29.6 Å². The summed E-state index contributed by atoms with van der Waals surface area (Å²) in [6.07, 6.45) is -3.66. The summed E-state index contributed by atoms with van der Waals surface area (Å²) < 4.78 is 66.2. The number of alkyl halides is 3. The van der Waals surface area contributed by atoms with Crippen LogP contribution < -0.4 is 10.5 Å². The van der Waals surface area contributed by atoms with Crippen LogP contribution in [0.4, 0.5) is 17.6 Å². The van der Waals surface area contributed by atoms with Gasteiger partial charge in [-0.3, -0.25) is 4.79 Å². The zero-order chi connectivity index (χ0) is 31.8. The number of rotatable bonds is 7. The summed E-state index contributed by atoms with van der Waals surface area (Å²) in [4.78, 5) is 28.6. The van der Waals surface area contributed by atoms with E-state index in [-0.39, 0.29) is 34.5 Å². The molecule has 1 fully saturated rings. The Labute approximate surface area is 250 Å². The van der Waals surface area contributed by atoms with E-state index in [0.29, 0.717) is 48.2 Å². The number of benzene rings is 2.